The molecule has 10 nitrogen and oxygen atoms in total. The number of fused-ring (bicyclic) bond motifs is 3. The van der Waals surface area contributed by atoms with Gasteiger partial charge in [-0.05, 0) is 30.6 Å². The number of ether oxygens (including phenoxy) is 5. The van der Waals surface area contributed by atoms with Gasteiger partial charge in [0.05, 0.1) is 12.2 Å². The van der Waals surface area contributed by atoms with Crippen LogP contribution < -0.4 is 0 Å². The third kappa shape index (κ3) is 3.76. The molecule has 0 spiro atoms. The van der Waals surface area contributed by atoms with Crippen molar-refractivity contribution >= 4 is 17.8 Å². The quantitative estimate of drug-likeness (QED) is 0.134. The normalized spacial score (nSPS) is 45.0. The van der Waals surface area contributed by atoms with E-state index < -0.39 is 88.9 Å². The van der Waals surface area contributed by atoms with Gasteiger partial charge in [0.2, 0.25) is 0 Å². The number of allylic oxidation sites excluding steroid dienone is 2. The summed E-state index contributed by atoms with van der Waals surface area (Å²) in [6.45, 7) is 8.79. The molecule has 3 heterocycles. The van der Waals surface area contributed by atoms with Gasteiger partial charge >= 0.3 is 11.9 Å². The van der Waals surface area contributed by atoms with Crippen LogP contribution in [0.2, 0.25) is 0 Å². The number of aliphatic hydroxyl groups excluding tert-OH is 2. The molecule has 2 saturated carbocycles. The van der Waals surface area contributed by atoms with Crippen molar-refractivity contribution in [3.63, 3.8) is 0 Å². The van der Waals surface area contributed by atoms with E-state index in [0.717, 1.165) is 5.56 Å². The fourth-order valence-corrected chi connectivity index (χ4v) is 9.34. The van der Waals surface area contributed by atoms with E-state index in [1.807, 2.05) is 49.4 Å². The number of benzene rings is 2. The lowest BCUT2D eigenvalue weighted by molar-refractivity contribution is -0.440. The van der Waals surface area contributed by atoms with Gasteiger partial charge in [-0.2, -0.15) is 0 Å². The van der Waals surface area contributed by atoms with Crippen LogP contribution in [0.4, 0.5) is 0 Å². The zero-order valence-electron chi connectivity index (χ0n) is 26.8. The van der Waals surface area contributed by atoms with Crippen molar-refractivity contribution in [3.8, 4) is 0 Å². The largest absolute Gasteiger partial charge is 0.455 e. The first-order chi connectivity index (χ1) is 22.9. The molecule has 3 bridgehead atoms. The fourth-order valence-electron chi connectivity index (χ4n) is 9.34. The summed E-state index contributed by atoms with van der Waals surface area (Å²) < 4.78 is 33.4. The number of rotatable bonds is 7. The maximum Gasteiger partial charge on any atom is 0.331 e. The minimum absolute atomic E-state index is 0.226. The molecule has 5 fully saturated rings. The highest BCUT2D eigenvalue weighted by Crippen LogP contribution is 2.74. The topological polar surface area (TPSA) is 144 Å². The Bertz CT molecular complexity index is 1790. The Morgan fingerprint density at radius 3 is 2.38 bits per heavy atom. The van der Waals surface area contributed by atoms with Crippen molar-refractivity contribution < 1.29 is 48.6 Å². The fraction of sp³-hybridized carbons (Fsp3) is 0.421. The summed E-state index contributed by atoms with van der Waals surface area (Å²) in [5.74, 6) is -5.98. The zero-order chi connectivity index (χ0) is 33.9. The van der Waals surface area contributed by atoms with E-state index in [1.54, 1.807) is 56.3 Å². The van der Waals surface area contributed by atoms with E-state index in [9.17, 15) is 24.9 Å². The van der Waals surface area contributed by atoms with Crippen molar-refractivity contribution in [2.45, 2.75) is 73.6 Å². The Morgan fingerprint density at radius 1 is 1.02 bits per heavy atom. The van der Waals surface area contributed by atoms with Crippen LogP contribution in [0.25, 0.3) is 6.08 Å². The van der Waals surface area contributed by atoms with Crippen molar-refractivity contribution in [3.05, 3.63) is 114 Å². The van der Waals surface area contributed by atoms with Gasteiger partial charge in [0.1, 0.15) is 30.0 Å². The predicted octanol–water partition coefficient (Wildman–Crippen LogP) is 3.12. The minimum atomic E-state index is -2.43. The van der Waals surface area contributed by atoms with Crippen molar-refractivity contribution in [2.24, 2.45) is 17.8 Å². The van der Waals surface area contributed by atoms with E-state index >= 15 is 0 Å². The number of carbonyl (C=O) groups is 2. The number of Topliss-reactive ketones (excluding diaryl/α,β-unsaturated/α-hetero) is 1. The monoisotopic (exact) mass is 654 g/mol. The number of carbonyl (C=O) groups excluding carboxylic acids is 2. The second-order valence-corrected chi connectivity index (χ2v) is 13.9. The van der Waals surface area contributed by atoms with Crippen molar-refractivity contribution in [1.29, 1.82) is 0 Å². The van der Waals surface area contributed by atoms with Crippen molar-refractivity contribution in [2.75, 3.05) is 6.61 Å². The van der Waals surface area contributed by atoms with Gasteiger partial charge in [-0.1, -0.05) is 98.5 Å². The first-order valence-corrected chi connectivity index (χ1v) is 16.2. The van der Waals surface area contributed by atoms with Gasteiger partial charge in [-0.3, -0.25) is 4.79 Å². The smallest absolute Gasteiger partial charge is 0.331 e. The third-order valence-electron chi connectivity index (χ3n) is 11.5. The molecule has 0 radical (unpaired) electrons. The van der Waals surface area contributed by atoms with Crippen LogP contribution in [-0.2, 0) is 39.2 Å². The van der Waals surface area contributed by atoms with Gasteiger partial charge in [0.25, 0.3) is 0 Å². The van der Waals surface area contributed by atoms with Crippen LogP contribution in [0.15, 0.2) is 103 Å². The van der Waals surface area contributed by atoms with Gasteiger partial charge < -0.3 is 39.0 Å². The van der Waals surface area contributed by atoms with E-state index in [-0.39, 0.29) is 5.57 Å². The highest BCUT2D eigenvalue weighted by Gasteiger charge is 2.90. The van der Waals surface area contributed by atoms with Crippen LogP contribution >= 0.6 is 0 Å². The second kappa shape index (κ2) is 10.4. The predicted molar refractivity (Wildman–Crippen MR) is 170 cm³/mol. The van der Waals surface area contributed by atoms with E-state index in [2.05, 4.69) is 6.58 Å². The van der Waals surface area contributed by atoms with Crippen LogP contribution in [0.3, 0.4) is 0 Å². The van der Waals surface area contributed by atoms with E-state index in [0.29, 0.717) is 11.1 Å². The molecule has 3 saturated heterocycles. The first-order valence-electron chi connectivity index (χ1n) is 16.2. The van der Waals surface area contributed by atoms with Gasteiger partial charge in [-0.15, -0.1) is 0 Å². The molecular weight excluding hydrogens is 616 g/mol. The van der Waals surface area contributed by atoms with Crippen LogP contribution in [0.1, 0.15) is 31.9 Å². The maximum absolute atomic E-state index is 13.9. The number of epoxide rings is 1. The number of hydrogen-bond donors (Lipinski definition) is 3. The molecule has 8 rings (SSSR count). The molecule has 12 unspecified atom stereocenters. The molecule has 3 N–H and O–H groups in total. The number of aliphatic hydroxyl groups is 3. The molecule has 250 valence electrons. The standard InChI is InChI=1S/C38H38O10/c1-21(2)36-30(44-27(40)18-12-11-15-24-13-7-5-8-14-24)23(4)37-26-19-22(3)29(41)35(26,43)33(42)34(20-39)31(45-34)28(37)32(36)46-38(47-36,48-37)25-16-9-6-10-17-25/h5-19,23,26,28,30-33,39,42-43H,1,20H2,2-4H3/b15-11+,18-12?. The average molecular weight is 655 g/mol. The molecular formula is C38H38O10. The highest BCUT2D eigenvalue weighted by atomic mass is 16.9. The summed E-state index contributed by atoms with van der Waals surface area (Å²) in [6.07, 6.45) is 3.34. The number of esters is 1. The SMILES string of the molecule is C=C(C)C12OC3(c4ccccc4)OC1C1C4OC4(CO)C(O)C4(O)C(=O)C(C)=CC4C1(O3)C(C)C2OC(=O)C=C/C=C/c1ccccc1. The van der Waals surface area contributed by atoms with Gasteiger partial charge in [0.15, 0.2) is 17.0 Å². The summed E-state index contributed by atoms with van der Waals surface area (Å²) in [7, 11) is 0. The first kappa shape index (κ1) is 31.5. The van der Waals surface area contributed by atoms with Crippen LogP contribution in [0.5, 0.6) is 0 Å². The Morgan fingerprint density at radius 2 is 1.71 bits per heavy atom. The Kier molecular flexibility index (Phi) is 6.82. The second-order valence-electron chi connectivity index (χ2n) is 13.9. The van der Waals surface area contributed by atoms with Gasteiger partial charge in [-0.25, -0.2) is 4.79 Å². The molecule has 0 amide bonds. The lowest BCUT2D eigenvalue weighted by Gasteiger charge is -2.61. The molecule has 2 aromatic carbocycles. The third-order valence-corrected chi connectivity index (χ3v) is 11.5. The zero-order valence-corrected chi connectivity index (χ0v) is 26.8. The Labute approximate surface area is 277 Å². The summed E-state index contributed by atoms with van der Waals surface area (Å²) in [4.78, 5) is 27.5. The summed E-state index contributed by atoms with van der Waals surface area (Å²) in [6, 6.07) is 18.6. The summed E-state index contributed by atoms with van der Waals surface area (Å²) in [5.41, 5.74) is -4.99. The Balaban J connectivity index is 1.29. The molecule has 12 atom stereocenters. The van der Waals surface area contributed by atoms with E-state index in [4.69, 9.17) is 23.7 Å². The minimum Gasteiger partial charge on any atom is -0.455 e. The van der Waals surface area contributed by atoms with Crippen LogP contribution in [0, 0.1) is 17.8 Å². The molecule has 3 aliphatic heterocycles. The van der Waals surface area contributed by atoms with Gasteiger partial charge in [0, 0.05) is 29.4 Å². The number of ketones is 1. The number of hydrogen-bond acceptors (Lipinski definition) is 10. The lowest BCUT2D eigenvalue weighted by Crippen LogP contribution is -2.76. The molecule has 3 aliphatic carbocycles. The Hall–Kier alpha value is -3.74. The van der Waals surface area contributed by atoms with Crippen molar-refractivity contribution in [1.82, 2.24) is 0 Å². The van der Waals surface area contributed by atoms with E-state index in [1.165, 1.54) is 6.08 Å². The summed E-state index contributed by atoms with van der Waals surface area (Å²) in [5, 5.41) is 34.9. The molecule has 0 aromatic heterocycles. The molecule has 10 heteroatoms. The molecule has 48 heavy (non-hydrogen) atoms. The molecule has 2 aromatic rings. The average Bonchev–Trinajstić information content (AvgIpc) is 3.71. The molecule has 6 aliphatic rings. The lowest BCUT2D eigenvalue weighted by atomic mass is 9.53. The summed E-state index contributed by atoms with van der Waals surface area (Å²) >= 11 is 0. The van der Waals surface area contributed by atoms with Crippen LogP contribution in [-0.4, -0.2) is 80.5 Å². The highest BCUT2D eigenvalue weighted by molar-refractivity contribution is 6.05. The maximum atomic E-state index is 13.9.